The SMILES string of the molecule is CCNCC(C)NCc1ccc(Br)c(Cl)c1. The third kappa shape index (κ3) is 4.83. The molecule has 0 bridgehead atoms. The second kappa shape index (κ2) is 7.28. The molecule has 0 fully saturated rings. The predicted molar refractivity (Wildman–Crippen MR) is 74.0 cm³/mol. The molecule has 0 heterocycles. The van der Waals surface area contributed by atoms with Crippen LogP contribution in [0.4, 0.5) is 0 Å². The number of nitrogens with one attached hydrogen (secondary N) is 2. The summed E-state index contributed by atoms with van der Waals surface area (Å²) in [4.78, 5) is 0. The van der Waals surface area contributed by atoms with Gasteiger partial charge in [0.2, 0.25) is 0 Å². The number of hydrogen-bond acceptors (Lipinski definition) is 2. The molecule has 90 valence electrons. The van der Waals surface area contributed by atoms with E-state index in [2.05, 4.69) is 46.5 Å². The van der Waals surface area contributed by atoms with E-state index in [1.807, 2.05) is 12.1 Å². The Kier molecular flexibility index (Phi) is 6.36. The lowest BCUT2D eigenvalue weighted by Gasteiger charge is -2.14. The van der Waals surface area contributed by atoms with Crippen LogP contribution in [-0.4, -0.2) is 19.1 Å². The molecule has 0 aromatic heterocycles. The van der Waals surface area contributed by atoms with Gasteiger partial charge < -0.3 is 10.6 Å². The molecule has 0 saturated heterocycles. The Morgan fingerprint density at radius 1 is 1.44 bits per heavy atom. The minimum absolute atomic E-state index is 0.461. The second-order valence-electron chi connectivity index (χ2n) is 3.84. The van der Waals surface area contributed by atoms with E-state index in [9.17, 15) is 0 Å². The highest BCUT2D eigenvalue weighted by atomic mass is 79.9. The Labute approximate surface area is 111 Å². The fraction of sp³-hybridized carbons (Fsp3) is 0.500. The van der Waals surface area contributed by atoms with Crippen LogP contribution in [-0.2, 0) is 6.54 Å². The molecule has 0 aliphatic heterocycles. The van der Waals surface area contributed by atoms with Gasteiger partial charge in [-0.2, -0.15) is 0 Å². The molecule has 1 atom stereocenters. The van der Waals surface area contributed by atoms with Gasteiger partial charge in [0.25, 0.3) is 0 Å². The average Bonchev–Trinajstić information content (AvgIpc) is 2.28. The first kappa shape index (κ1) is 14.0. The number of benzene rings is 1. The Hall–Kier alpha value is -0.0900. The fourth-order valence-electron chi connectivity index (χ4n) is 1.37. The van der Waals surface area contributed by atoms with Crippen LogP contribution in [0.2, 0.25) is 5.02 Å². The lowest BCUT2D eigenvalue weighted by molar-refractivity contribution is 0.509. The Balaban J connectivity index is 2.39. The number of hydrogen-bond donors (Lipinski definition) is 2. The molecule has 0 spiro atoms. The molecule has 0 amide bonds. The lowest BCUT2D eigenvalue weighted by atomic mass is 10.2. The van der Waals surface area contributed by atoms with Crippen molar-refractivity contribution in [3.05, 3.63) is 33.3 Å². The lowest BCUT2D eigenvalue weighted by Crippen LogP contribution is -2.35. The molecule has 0 radical (unpaired) electrons. The van der Waals surface area contributed by atoms with Gasteiger partial charge in [-0.25, -0.2) is 0 Å². The molecule has 1 unspecified atom stereocenters. The van der Waals surface area contributed by atoms with Crippen molar-refractivity contribution in [3.63, 3.8) is 0 Å². The summed E-state index contributed by atoms with van der Waals surface area (Å²) in [5.41, 5.74) is 1.21. The highest BCUT2D eigenvalue weighted by Crippen LogP contribution is 2.23. The van der Waals surface area contributed by atoms with Crippen LogP contribution in [0.3, 0.4) is 0 Å². The summed E-state index contributed by atoms with van der Waals surface area (Å²) in [7, 11) is 0. The van der Waals surface area contributed by atoms with Gasteiger partial charge in [-0.3, -0.25) is 0 Å². The van der Waals surface area contributed by atoms with Crippen molar-refractivity contribution in [1.29, 1.82) is 0 Å². The quantitative estimate of drug-likeness (QED) is 0.843. The van der Waals surface area contributed by atoms with Crippen LogP contribution in [0.5, 0.6) is 0 Å². The molecule has 2 N–H and O–H groups in total. The second-order valence-corrected chi connectivity index (χ2v) is 5.10. The summed E-state index contributed by atoms with van der Waals surface area (Å²) in [6.07, 6.45) is 0. The molecular weight excluding hydrogens is 288 g/mol. The molecule has 1 aromatic carbocycles. The summed E-state index contributed by atoms with van der Waals surface area (Å²) in [5.74, 6) is 0. The van der Waals surface area contributed by atoms with Gasteiger partial charge >= 0.3 is 0 Å². The van der Waals surface area contributed by atoms with Gasteiger partial charge in [-0.1, -0.05) is 24.6 Å². The highest BCUT2D eigenvalue weighted by molar-refractivity contribution is 9.10. The Morgan fingerprint density at radius 2 is 2.19 bits per heavy atom. The van der Waals surface area contributed by atoms with Crippen molar-refractivity contribution in [3.8, 4) is 0 Å². The van der Waals surface area contributed by atoms with Gasteiger partial charge in [0.1, 0.15) is 0 Å². The molecule has 4 heteroatoms. The van der Waals surface area contributed by atoms with E-state index in [-0.39, 0.29) is 0 Å². The fourth-order valence-corrected chi connectivity index (χ4v) is 1.82. The van der Waals surface area contributed by atoms with Crippen molar-refractivity contribution in [2.45, 2.75) is 26.4 Å². The Morgan fingerprint density at radius 3 is 2.81 bits per heavy atom. The molecular formula is C12H18BrClN2. The maximum atomic E-state index is 6.03. The van der Waals surface area contributed by atoms with Crippen LogP contribution < -0.4 is 10.6 Å². The Bertz CT molecular complexity index is 331. The van der Waals surface area contributed by atoms with Crippen LogP contribution >= 0.6 is 27.5 Å². The van der Waals surface area contributed by atoms with Crippen LogP contribution in [0.1, 0.15) is 19.4 Å². The molecule has 1 aromatic rings. The predicted octanol–water partition coefficient (Wildman–Crippen LogP) is 3.19. The first-order valence-corrected chi connectivity index (χ1v) is 6.68. The monoisotopic (exact) mass is 304 g/mol. The minimum atomic E-state index is 0.461. The average molecular weight is 306 g/mol. The third-order valence-electron chi connectivity index (χ3n) is 2.34. The third-order valence-corrected chi connectivity index (χ3v) is 3.57. The molecule has 0 saturated carbocycles. The number of likely N-dealkylation sites (N-methyl/N-ethyl adjacent to an activating group) is 1. The van der Waals surface area contributed by atoms with Crippen molar-refractivity contribution in [2.24, 2.45) is 0 Å². The largest absolute Gasteiger partial charge is 0.315 e. The minimum Gasteiger partial charge on any atom is -0.315 e. The van der Waals surface area contributed by atoms with Crippen molar-refractivity contribution < 1.29 is 0 Å². The van der Waals surface area contributed by atoms with Crippen LogP contribution in [0.15, 0.2) is 22.7 Å². The van der Waals surface area contributed by atoms with Gasteiger partial charge in [-0.15, -0.1) is 0 Å². The zero-order chi connectivity index (χ0) is 12.0. The van der Waals surface area contributed by atoms with Gasteiger partial charge in [0, 0.05) is 23.6 Å². The van der Waals surface area contributed by atoms with E-state index in [0.717, 1.165) is 29.1 Å². The molecule has 1 rings (SSSR count). The van der Waals surface area contributed by atoms with Gasteiger partial charge in [-0.05, 0) is 47.1 Å². The zero-order valence-corrected chi connectivity index (χ0v) is 12.0. The molecule has 0 aliphatic carbocycles. The summed E-state index contributed by atoms with van der Waals surface area (Å²) >= 11 is 9.41. The molecule has 0 aliphatic rings. The van der Waals surface area contributed by atoms with Gasteiger partial charge in [0.15, 0.2) is 0 Å². The van der Waals surface area contributed by atoms with E-state index in [4.69, 9.17) is 11.6 Å². The smallest absolute Gasteiger partial charge is 0.0551 e. The van der Waals surface area contributed by atoms with E-state index in [0.29, 0.717) is 6.04 Å². The van der Waals surface area contributed by atoms with Crippen molar-refractivity contribution >= 4 is 27.5 Å². The summed E-state index contributed by atoms with van der Waals surface area (Å²) < 4.78 is 0.943. The molecule has 16 heavy (non-hydrogen) atoms. The first-order chi connectivity index (χ1) is 7.63. The van der Waals surface area contributed by atoms with Crippen molar-refractivity contribution in [2.75, 3.05) is 13.1 Å². The maximum Gasteiger partial charge on any atom is 0.0551 e. The van der Waals surface area contributed by atoms with E-state index >= 15 is 0 Å². The number of halogens is 2. The van der Waals surface area contributed by atoms with E-state index in [1.165, 1.54) is 5.56 Å². The summed E-state index contributed by atoms with van der Waals surface area (Å²) in [6, 6.07) is 6.50. The normalized spacial score (nSPS) is 12.8. The van der Waals surface area contributed by atoms with Gasteiger partial charge in [0.05, 0.1) is 5.02 Å². The zero-order valence-electron chi connectivity index (χ0n) is 9.69. The maximum absolute atomic E-state index is 6.03. The van der Waals surface area contributed by atoms with Crippen LogP contribution in [0.25, 0.3) is 0 Å². The topological polar surface area (TPSA) is 24.1 Å². The first-order valence-electron chi connectivity index (χ1n) is 5.51. The van der Waals surface area contributed by atoms with Crippen molar-refractivity contribution in [1.82, 2.24) is 10.6 Å². The highest BCUT2D eigenvalue weighted by Gasteiger charge is 2.02. The summed E-state index contributed by atoms with van der Waals surface area (Å²) in [6.45, 7) is 7.13. The number of rotatable bonds is 6. The van der Waals surface area contributed by atoms with Crippen LogP contribution in [0, 0.1) is 0 Å². The summed E-state index contributed by atoms with van der Waals surface area (Å²) in [5, 5.41) is 7.52. The van der Waals surface area contributed by atoms with E-state index < -0.39 is 0 Å². The van der Waals surface area contributed by atoms with E-state index in [1.54, 1.807) is 0 Å². The standard InChI is InChI=1S/C12H18BrClN2/c1-3-15-7-9(2)16-8-10-4-5-11(13)12(14)6-10/h4-6,9,15-16H,3,7-8H2,1-2H3. The molecule has 2 nitrogen and oxygen atoms in total.